The number of hydrogen-bond donors (Lipinski definition) is 1. The van der Waals surface area contributed by atoms with Crippen LogP contribution in [0.4, 0.5) is 5.69 Å². The fourth-order valence-electron chi connectivity index (χ4n) is 2.91. The number of ether oxygens (including phenoxy) is 2. The molecule has 4 nitrogen and oxygen atoms in total. The fourth-order valence-corrected chi connectivity index (χ4v) is 2.91. The second-order valence-corrected chi connectivity index (χ2v) is 6.70. The zero-order valence-corrected chi connectivity index (χ0v) is 16.2. The summed E-state index contributed by atoms with van der Waals surface area (Å²) in [5, 5.41) is 3.01. The second-order valence-electron chi connectivity index (χ2n) is 6.70. The standard InChI is InChI=1S/C24H25NO3/c1-18(2)20-12-6-8-14-22(20)25-24(26)21-13-7-9-15-23(21)28-17-16-27-19-10-4-3-5-11-19/h3-15,18H,16-17H2,1-2H3,(H,25,26). The summed E-state index contributed by atoms with van der Waals surface area (Å²) in [6, 6.07) is 24.7. The zero-order valence-electron chi connectivity index (χ0n) is 16.2. The van der Waals surface area contributed by atoms with Gasteiger partial charge < -0.3 is 14.8 Å². The molecule has 0 saturated heterocycles. The molecule has 0 aliphatic rings. The van der Waals surface area contributed by atoms with Crippen LogP contribution in [0.2, 0.25) is 0 Å². The van der Waals surface area contributed by atoms with E-state index in [1.165, 1.54) is 0 Å². The average Bonchev–Trinajstić information content (AvgIpc) is 2.72. The molecule has 0 heterocycles. The largest absolute Gasteiger partial charge is 0.490 e. The van der Waals surface area contributed by atoms with Gasteiger partial charge in [0.15, 0.2) is 0 Å². The number of nitrogens with one attached hydrogen (secondary N) is 1. The first-order valence-corrected chi connectivity index (χ1v) is 9.45. The molecule has 1 N–H and O–H groups in total. The quantitative estimate of drug-likeness (QED) is 0.527. The number of para-hydroxylation sites is 3. The van der Waals surface area contributed by atoms with Gasteiger partial charge in [-0.15, -0.1) is 0 Å². The third-order valence-electron chi connectivity index (χ3n) is 4.32. The lowest BCUT2D eigenvalue weighted by molar-refractivity contribution is 0.102. The third kappa shape index (κ3) is 5.13. The molecule has 3 aromatic carbocycles. The van der Waals surface area contributed by atoms with Gasteiger partial charge in [-0.25, -0.2) is 0 Å². The van der Waals surface area contributed by atoms with Crippen molar-refractivity contribution in [2.45, 2.75) is 19.8 Å². The topological polar surface area (TPSA) is 47.6 Å². The van der Waals surface area contributed by atoms with E-state index in [4.69, 9.17) is 9.47 Å². The molecule has 0 aliphatic carbocycles. The van der Waals surface area contributed by atoms with Gasteiger partial charge in [0.2, 0.25) is 0 Å². The van der Waals surface area contributed by atoms with E-state index < -0.39 is 0 Å². The number of carbonyl (C=O) groups is 1. The highest BCUT2D eigenvalue weighted by Gasteiger charge is 2.15. The van der Waals surface area contributed by atoms with Crippen LogP contribution in [-0.2, 0) is 0 Å². The minimum atomic E-state index is -0.187. The highest BCUT2D eigenvalue weighted by molar-refractivity contribution is 6.06. The first-order chi connectivity index (χ1) is 13.6. The molecule has 3 aromatic rings. The van der Waals surface area contributed by atoms with Crippen molar-refractivity contribution in [3.63, 3.8) is 0 Å². The first kappa shape index (κ1) is 19.5. The smallest absolute Gasteiger partial charge is 0.259 e. The van der Waals surface area contributed by atoms with Gasteiger partial charge >= 0.3 is 0 Å². The molecular weight excluding hydrogens is 350 g/mol. The van der Waals surface area contributed by atoms with Gasteiger partial charge in [0.1, 0.15) is 24.7 Å². The molecule has 28 heavy (non-hydrogen) atoms. The van der Waals surface area contributed by atoms with E-state index in [1.807, 2.05) is 66.7 Å². The Hall–Kier alpha value is -3.27. The molecule has 4 heteroatoms. The zero-order chi connectivity index (χ0) is 19.8. The molecule has 0 aliphatic heterocycles. The Morgan fingerprint density at radius 3 is 2.25 bits per heavy atom. The van der Waals surface area contributed by atoms with E-state index >= 15 is 0 Å². The monoisotopic (exact) mass is 375 g/mol. The summed E-state index contributed by atoms with van der Waals surface area (Å²) in [5.41, 5.74) is 2.43. The van der Waals surface area contributed by atoms with Crippen LogP contribution in [-0.4, -0.2) is 19.1 Å². The minimum absolute atomic E-state index is 0.187. The van der Waals surface area contributed by atoms with Crippen molar-refractivity contribution in [1.29, 1.82) is 0 Å². The van der Waals surface area contributed by atoms with E-state index in [2.05, 4.69) is 19.2 Å². The highest BCUT2D eigenvalue weighted by atomic mass is 16.5. The molecule has 3 rings (SSSR count). The Labute approximate surface area is 166 Å². The van der Waals surface area contributed by atoms with Crippen molar-refractivity contribution in [1.82, 2.24) is 0 Å². The van der Waals surface area contributed by atoms with Crippen LogP contribution >= 0.6 is 0 Å². The summed E-state index contributed by atoms with van der Waals surface area (Å²) in [6.45, 7) is 4.96. The van der Waals surface area contributed by atoms with Crippen molar-refractivity contribution in [3.8, 4) is 11.5 Å². The van der Waals surface area contributed by atoms with Crippen LogP contribution in [0.25, 0.3) is 0 Å². The van der Waals surface area contributed by atoms with Crippen LogP contribution < -0.4 is 14.8 Å². The molecule has 0 aromatic heterocycles. The predicted molar refractivity (Wildman–Crippen MR) is 112 cm³/mol. The maximum Gasteiger partial charge on any atom is 0.259 e. The van der Waals surface area contributed by atoms with E-state index in [0.717, 1.165) is 17.0 Å². The lowest BCUT2D eigenvalue weighted by atomic mass is 10.0. The van der Waals surface area contributed by atoms with Gasteiger partial charge in [0.25, 0.3) is 5.91 Å². The van der Waals surface area contributed by atoms with E-state index in [1.54, 1.807) is 12.1 Å². The van der Waals surface area contributed by atoms with Crippen molar-refractivity contribution >= 4 is 11.6 Å². The number of rotatable bonds is 8. The maximum absolute atomic E-state index is 12.8. The van der Waals surface area contributed by atoms with Crippen LogP contribution in [0.3, 0.4) is 0 Å². The molecule has 0 bridgehead atoms. The molecule has 0 fully saturated rings. The molecule has 0 atom stereocenters. The number of hydrogen-bond acceptors (Lipinski definition) is 3. The fraction of sp³-hybridized carbons (Fsp3) is 0.208. The molecular formula is C24H25NO3. The van der Waals surface area contributed by atoms with Crippen molar-refractivity contribution in [3.05, 3.63) is 90.0 Å². The van der Waals surface area contributed by atoms with Gasteiger partial charge in [-0.05, 0) is 41.8 Å². The normalized spacial score (nSPS) is 10.5. The Balaban J connectivity index is 1.64. The molecule has 0 unspecified atom stereocenters. The van der Waals surface area contributed by atoms with Crippen molar-refractivity contribution < 1.29 is 14.3 Å². The van der Waals surface area contributed by atoms with Crippen LogP contribution in [0, 0.1) is 0 Å². The first-order valence-electron chi connectivity index (χ1n) is 9.45. The van der Waals surface area contributed by atoms with Gasteiger partial charge in [-0.1, -0.05) is 62.4 Å². The average molecular weight is 375 g/mol. The van der Waals surface area contributed by atoms with Crippen LogP contribution in [0.5, 0.6) is 11.5 Å². The lowest BCUT2D eigenvalue weighted by Gasteiger charge is -2.15. The summed E-state index contributed by atoms with van der Waals surface area (Å²) < 4.78 is 11.4. The number of amides is 1. The van der Waals surface area contributed by atoms with Crippen molar-refractivity contribution in [2.75, 3.05) is 18.5 Å². The van der Waals surface area contributed by atoms with Gasteiger partial charge in [0.05, 0.1) is 5.56 Å². The summed E-state index contributed by atoms with van der Waals surface area (Å²) in [7, 11) is 0. The number of anilines is 1. The predicted octanol–water partition coefficient (Wildman–Crippen LogP) is 5.52. The number of carbonyl (C=O) groups excluding carboxylic acids is 1. The van der Waals surface area contributed by atoms with Crippen molar-refractivity contribution in [2.24, 2.45) is 0 Å². The molecule has 0 saturated carbocycles. The number of benzene rings is 3. The Kier molecular flexibility index (Phi) is 6.68. The highest BCUT2D eigenvalue weighted by Crippen LogP contribution is 2.26. The lowest BCUT2D eigenvalue weighted by Crippen LogP contribution is -2.16. The van der Waals surface area contributed by atoms with E-state index in [9.17, 15) is 4.79 Å². The Bertz CT molecular complexity index is 906. The van der Waals surface area contributed by atoms with E-state index in [0.29, 0.717) is 30.4 Å². The van der Waals surface area contributed by atoms with Gasteiger partial charge in [-0.3, -0.25) is 4.79 Å². The van der Waals surface area contributed by atoms with Crippen LogP contribution in [0.15, 0.2) is 78.9 Å². The third-order valence-corrected chi connectivity index (χ3v) is 4.32. The van der Waals surface area contributed by atoms with Gasteiger partial charge in [0, 0.05) is 5.69 Å². The van der Waals surface area contributed by atoms with E-state index in [-0.39, 0.29) is 5.91 Å². The Morgan fingerprint density at radius 2 is 1.46 bits per heavy atom. The minimum Gasteiger partial charge on any atom is -0.490 e. The van der Waals surface area contributed by atoms with Crippen LogP contribution in [0.1, 0.15) is 35.7 Å². The summed E-state index contributed by atoms with van der Waals surface area (Å²) >= 11 is 0. The van der Waals surface area contributed by atoms with Gasteiger partial charge in [-0.2, -0.15) is 0 Å². The molecule has 0 radical (unpaired) electrons. The molecule has 144 valence electrons. The molecule has 1 amide bonds. The summed E-state index contributed by atoms with van der Waals surface area (Å²) in [4.78, 5) is 12.8. The summed E-state index contributed by atoms with van der Waals surface area (Å²) in [5.74, 6) is 1.46. The molecule has 0 spiro atoms. The second kappa shape index (κ2) is 9.60. The summed E-state index contributed by atoms with van der Waals surface area (Å²) in [6.07, 6.45) is 0. The Morgan fingerprint density at radius 1 is 0.821 bits per heavy atom. The SMILES string of the molecule is CC(C)c1ccccc1NC(=O)c1ccccc1OCCOc1ccccc1. The maximum atomic E-state index is 12.8.